The van der Waals surface area contributed by atoms with Gasteiger partial charge in [-0.3, -0.25) is 4.79 Å². The Hall–Kier alpha value is -1.86. The SMILES string of the molecule is CCCC[N+](C)(CCCC)C(CCC)C(=O)Nc1c(C)cc(C#N)cc1C. The van der Waals surface area contributed by atoms with Gasteiger partial charge in [0.2, 0.25) is 0 Å². The predicted molar refractivity (Wildman–Crippen MR) is 114 cm³/mol. The van der Waals surface area contributed by atoms with Gasteiger partial charge >= 0.3 is 0 Å². The fourth-order valence-electron chi connectivity index (χ4n) is 3.89. The van der Waals surface area contributed by atoms with Crippen molar-refractivity contribution >= 4 is 11.6 Å². The Balaban J connectivity index is 3.14. The van der Waals surface area contributed by atoms with E-state index in [9.17, 15) is 4.79 Å². The Morgan fingerprint density at radius 1 is 1.07 bits per heavy atom. The number of carbonyl (C=O) groups is 1. The van der Waals surface area contributed by atoms with Gasteiger partial charge in [0.05, 0.1) is 31.8 Å². The molecule has 0 aliphatic heterocycles. The molecule has 0 saturated carbocycles. The molecule has 0 spiro atoms. The summed E-state index contributed by atoms with van der Waals surface area (Å²) in [6, 6.07) is 5.84. The van der Waals surface area contributed by atoms with Crippen LogP contribution in [0, 0.1) is 25.2 Å². The number of aryl methyl sites for hydroxylation is 2. The molecule has 4 heteroatoms. The molecular formula is C23H38N3O+. The summed E-state index contributed by atoms with van der Waals surface area (Å²) in [6.07, 6.45) is 6.47. The summed E-state index contributed by atoms with van der Waals surface area (Å²) in [7, 11) is 2.25. The number of hydrogen-bond donors (Lipinski definition) is 1. The molecular weight excluding hydrogens is 334 g/mol. The van der Waals surface area contributed by atoms with E-state index < -0.39 is 0 Å². The predicted octanol–water partition coefficient (Wildman–Crippen LogP) is 5.33. The number of likely N-dealkylation sites (N-methyl/N-ethyl adjacent to an activating group) is 1. The molecule has 0 fully saturated rings. The van der Waals surface area contributed by atoms with Crippen LogP contribution in [0.1, 0.15) is 76.0 Å². The van der Waals surface area contributed by atoms with E-state index in [0.29, 0.717) is 5.56 Å². The maximum absolute atomic E-state index is 13.3. The van der Waals surface area contributed by atoms with Crippen molar-refractivity contribution in [2.45, 2.75) is 79.2 Å². The van der Waals surface area contributed by atoms with Gasteiger partial charge in [0, 0.05) is 12.1 Å². The molecule has 150 valence electrons. The number of nitrogens with zero attached hydrogens (tertiary/aromatic N) is 2. The molecule has 1 aromatic rings. The van der Waals surface area contributed by atoms with Gasteiger partial charge in [0.1, 0.15) is 0 Å². The average molecular weight is 373 g/mol. The summed E-state index contributed by atoms with van der Waals surface area (Å²) in [5, 5.41) is 12.4. The average Bonchev–Trinajstić information content (AvgIpc) is 2.65. The number of unbranched alkanes of at least 4 members (excludes halogenated alkanes) is 2. The Labute approximate surface area is 166 Å². The maximum Gasteiger partial charge on any atom is 0.282 e. The van der Waals surface area contributed by atoms with Gasteiger partial charge in [0.25, 0.3) is 5.91 Å². The van der Waals surface area contributed by atoms with Crippen LogP contribution in [0.15, 0.2) is 12.1 Å². The van der Waals surface area contributed by atoms with Crippen molar-refractivity contribution in [1.29, 1.82) is 5.26 Å². The van der Waals surface area contributed by atoms with Crippen LogP contribution in [0.4, 0.5) is 5.69 Å². The number of nitriles is 1. The molecule has 0 radical (unpaired) electrons. The zero-order chi connectivity index (χ0) is 20.4. The molecule has 1 aromatic carbocycles. The van der Waals surface area contributed by atoms with Crippen molar-refractivity contribution in [3.05, 3.63) is 28.8 Å². The van der Waals surface area contributed by atoms with Gasteiger partial charge < -0.3 is 9.80 Å². The van der Waals surface area contributed by atoms with Crippen LogP contribution >= 0.6 is 0 Å². The third-order valence-corrected chi connectivity index (χ3v) is 5.57. The molecule has 1 N–H and O–H groups in total. The Kier molecular flexibility index (Phi) is 9.52. The number of carbonyl (C=O) groups excluding carboxylic acids is 1. The lowest BCUT2D eigenvalue weighted by Gasteiger charge is -2.41. The number of nitrogens with one attached hydrogen (secondary N) is 1. The number of benzene rings is 1. The minimum absolute atomic E-state index is 0.0393. The van der Waals surface area contributed by atoms with Gasteiger partial charge in [-0.1, -0.05) is 33.6 Å². The first-order valence-corrected chi connectivity index (χ1v) is 10.5. The minimum Gasteiger partial charge on any atom is -0.320 e. The molecule has 0 aliphatic rings. The van der Waals surface area contributed by atoms with Crippen molar-refractivity contribution in [3.63, 3.8) is 0 Å². The number of quaternary nitrogens is 1. The first-order valence-electron chi connectivity index (χ1n) is 10.5. The molecule has 4 nitrogen and oxygen atoms in total. The van der Waals surface area contributed by atoms with E-state index in [2.05, 4.69) is 39.2 Å². The highest BCUT2D eigenvalue weighted by Gasteiger charge is 2.37. The summed E-state index contributed by atoms with van der Waals surface area (Å²) < 4.78 is 0.815. The zero-order valence-electron chi connectivity index (χ0n) is 18.2. The lowest BCUT2D eigenvalue weighted by molar-refractivity contribution is -0.925. The highest BCUT2D eigenvalue weighted by molar-refractivity contribution is 5.95. The molecule has 1 amide bonds. The van der Waals surface area contributed by atoms with Crippen molar-refractivity contribution in [3.8, 4) is 6.07 Å². The van der Waals surface area contributed by atoms with Crippen molar-refractivity contribution < 1.29 is 9.28 Å². The number of hydrogen-bond acceptors (Lipinski definition) is 2. The second-order valence-corrected chi connectivity index (χ2v) is 8.02. The fourth-order valence-corrected chi connectivity index (χ4v) is 3.89. The van der Waals surface area contributed by atoms with Crippen molar-refractivity contribution in [2.24, 2.45) is 0 Å². The van der Waals surface area contributed by atoms with Crippen LogP contribution in [0.5, 0.6) is 0 Å². The highest BCUT2D eigenvalue weighted by atomic mass is 16.2. The van der Waals surface area contributed by atoms with E-state index in [0.717, 1.165) is 72.9 Å². The second-order valence-electron chi connectivity index (χ2n) is 8.02. The summed E-state index contributed by atoms with van der Waals surface area (Å²) in [5.74, 6) is 0.113. The first-order chi connectivity index (χ1) is 12.8. The molecule has 0 aromatic heterocycles. The zero-order valence-corrected chi connectivity index (χ0v) is 18.2. The Bertz CT molecular complexity index is 629. The van der Waals surface area contributed by atoms with Crippen LogP contribution in [-0.2, 0) is 4.79 Å². The molecule has 0 bridgehead atoms. The smallest absolute Gasteiger partial charge is 0.282 e. The molecule has 1 unspecified atom stereocenters. The van der Waals surface area contributed by atoms with E-state index in [-0.39, 0.29) is 11.9 Å². The largest absolute Gasteiger partial charge is 0.320 e. The fraction of sp³-hybridized carbons (Fsp3) is 0.652. The first kappa shape index (κ1) is 23.2. The lowest BCUT2D eigenvalue weighted by atomic mass is 10.0. The third-order valence-electron chi connectivity index (χ3n) is 5.57. The van der Waals surface area contributed by atoms with Crippen LogP contribution < -0.4 is 5.32 Å². The normalized spacial score (nSPS) is 12.5. The molecule has 1 rings (SSSR count). The van der Waals surface area contributed by atoms with E-state index in [1.165, 1.54) is 0 Å². The highest BCUT2D eigenvalue weighted by Crippen LogP contribution is 2.25. The Morgan fingerprint density at radius 2 is 1.59 bits per heavy atom. The van der Waals surface area contributed by atoms with Crippen LogP contribution in [0.3, 0.4) is 0 Å². The van der Waals surface area contributed by atoms with E-state index in [4.69, 9.17) is 5.26 Å². The molecule has 0 aliphatic carbocycles. The number of anilines is 1. The van der Waals surface area contributed by atoms with E-state index in [1.54, 1.807) is 0 Å². The van der Waals surface area contributed by atoms with E-state index in [1.807, 2.05) is 26.0 Å². The van der Waals surface area contributed by atoms with Gasteiger partial charge in [-0.05, 0) is 56.4 Å². The second kappa shape index (κ2) is 11.1. The molecule has 0 saturated heterocycles. The lowest BCUT2D eigenvalue weighted by Crippen LogP contribution is -2.58. The third kappa shape index (κ3) is 6.36. The quantitative estimate of drug-likeness (QED) is 0.534. The summed E-state index contributed by atoms with van der Waals surface area (Å²) in [5.41, 5.74) is 3.40. The minimum atomic E-state index is -0.0393. The van der Waals surface area contributed by atoms with Gasteiger partial charge in [0.15, 0.2) is 6.04 Å². The maximum atomic E-state index is 13.3. The monoisotopic (exact) mass is 372 g/mol. The Morgan fingerprint density at radius 3 is 2.00 bits per heavy atom. The van der Waals surface area contributed by atoms with Crippen LogP contribution in [0.25, 0.3) is 0 Å². The van der Waals surface area contributed by atoms with Crippen molar-refractivity contribution in [2.75, 3.05) is 25.5 Å². The summed E-state index contributed by atoms with van der Waals surface area (Å²) >= 11 is 0. The standard InChI is InChI=1S/C23H37N3O/c1-7-10-13-26(6,14-11-8-2)21(12-9-3)23(27)25-22-18(4)15-20(17-24)16-19(22)5/h15-16,21H,7-14H2,1-6H3/p+1. The van der Waals surface area contributed by atoms with Crippen LogP contribution in [0.2, 0.25) is 0 Å². The summed E-state index contributed by atoms with van der Waals surface area (Å²) in [6.45, 7) is 12.6. The molecule has 0 heterocycles. The van der Waals surface area contributed by atoms with Gasteiger partial charge in [-0.2, -0.15) is 5.26 Å². The number of amides is 1. The van der Waals surface area contributed by atoms with E-state index >= 15 is 0 Å². The van der Waals surface area contributed by atoms with Gasteiger partial charge in [-0.15, -0.1) is 0 Å². The van der Waals surface area contributed by atoms with Crippen molar-refractivity contribution in [1.82, 2.24) is 0 Å². The molecule has 1 atom stereocenters. The molecule has 27 heavy (non-hydrogen) atoms. The number of rotatable bonds is 11. The summed E-state index contributed by atoms with van der Waals surface area (Å²) in [4.78, 5) is 13.3. The van der Waals surface area contributed by atoms with Crippen LogP contribution in [-0.4, -0.2) is 36.6 Å². The van der Waals surface area contributed by atoms with Gasteiger partial charge in [-0.25, -0.2) is 0 Å². The topological polar surface area (TPSA) is 52.9 Å².